The predicted octanol–water partition coefficient (Wildman–Crippen LogP) is 5.77. The molecule has 0 unspecified atom stereocenters. The monoisotopic (exact) mass is 424 g/mol. The van der Waals surface area contributed by atoms with Gasteiger partial charge in [0.2, 0.25) is 5.79 Å². The van der Waals surface area contributed by atoms with Gasteiger partial charge in [0.25, 0.3) is 0 Å². The summed E-state index contributed by atoms with van der Waals surface area (Å²) in [5.74, 6) is 1.70. The van der Waals surface area contributed by atoms with Crippen molar-refractivity contribution in [2.24, 2.45) is 23.7 Å². The zero-order valence-electron chi connectivity index (χ0n) is 18.8. The van der Waals surface area contributed by atoms with Crippen LogP contribution >= 0.6 is 0 Å². The Balaban J connectivity index is 1.48. The average Bonchev–Trinajstić information content (AvgIpc) is 3.01. The van der Waals surface area contributed by atoms with Crippen LogP contribution in [0, 0.1) is 23.7 Å². The van der Waals surface area contributed by atoms with Crippen LogP contribution in [0.25, 0.3) is 10.8 Å². The molecule has 0 radical (unpaired) electrons. The number of methoxy groups -OCH3 is 1. The molecule has 5 heteroatoms. The lowest BCUT2D eigenvalue weighted by atomic mass is 9.57. The third kappa shape index (κ3) is 2.70. The van der Waals surface area contributed by atoms with Crippen LogP contribution in [0.5, 0.6) is 5.75 Å². The molecule has 0 aromatic heterocycles. The van der Waals surface area contributed by atoms with Crippen molar-refractivity contribution in [1.82, 2.24) is 0 Å². The molecule has 5 fully saturated rings. The van der Waals surface area contributed by atoms with Crippen LogP contribution in [0.15, 0.2) is 36.4 Å². The molecular formula is C26H32O5. The molecule has 1 spiro atoms. The Morgan fingerprint density at radius 3 is 2.55 bits per heavy atom. The fourth-order valence-electron chi connectivity index (χ4n) is 6.98. The summed E-state index contributed by atoms with van der Waals surface area (Å²) in [5.41, 5.74) is 0.676. The molecule has 7 rings (SSSR count). The second kappa shape index (κ2) is 6.92. The van der Waals surface area contributed by atoms with Crippen LogP contribution in [0.4, 0.5) is 0 Å². The van der Waals surface area contributed by atoms with E-state index >= 15 is 0 Å². The van der Waals surface area contributed by atoms with E-state index < -0.39 is 17.7 Å². The smallest absolute Gasteiger partial charge is 0.201 e. The Hall–Kier alpha value is -1.66. The van der Waals surface area contributed by atoms with E-state index in [1.54, 1.807) is 7.11 Å². The van der Waals surface area contributed by atoms with Gasteiger partial charge in [0.15, 0.2) is 11.9 Å². The van der Waals surface area contributed by atoms with Crippen molar-refractivity contribution in [2.75, 3.05) is 7.11 Å². The number of hydrogen-bond acceptors (Lipinski definition) is 5. The molecule has 2 aromatic rings. The molecule has 4 saturated heterocycles. The maximum atomic E-state index is 6.86. The van der Waals surface area contributed by atoms with Crippen LogP contribution < -0.4 is 4.74 Å². The highest BCUT2D eigenvalue weighted by Gasteiger charge is 2.69. The third-order valence-electron chi connectivity index (χ3n) is 8.60. The molecular weight excluding hydrogens is 392 g/mol. The fourth-order valence-corrected chi connectivity index (χ4v) is 6.98. The summed E-state index contributed by atoms with van der Waals surface area (Å²) in [6, 6.07) is 12.7. The number of fused-ring (bicyclic) bond motifs is 3. The Bertz CT molecular complexity index is 1010. The van der Waals surface area contributed by atoms with Gasteiger partial charge in [-0.1, -0.05) is 44.2 Å². The number of ether oxygens (including phenoxy) is 3. The van der Waals surface area contributed by atoms with Gasteiger partial charge in [-0.25, -0.2) is 9.78 Å². The minimum absolute atomic E-state index is 0.0722. The van der Waals surface area contributed by atoms with Crippen molar-refractivity contribution in [2.45, 2.75) is 70.2 Å². The highest BCUT2D eigenvalue weighted by Crippen LogP contribution is 2.62. The minimum Gasteiger partial charge on any atom is -0.496 e. The first kappa shape index (κ1) is 20.0. The van der Waals surface area contributed by atoms with Crippen molar-refractivity contribution < 1.29 is 24.0 Å². The van der Waals surface area contributed by atoms with E-state index in [-0.39, 0.29) is 12.0 Å². The number of hydrogen-bond donors (Lipinski definition) is 0. The van der Waals surface area contributed by atoms with E-state index in [0.29, 0.717) is 17.8 Å². The second-order valence-electron chi connectivity index (χ2n) is 10.2. The predicted molar refractivity (Wildman–Crippen MR) is 116 cm³/mol. The van der Waals surface area contributed by atoms with Gasteiger partial charge in [-0.05, 0) is 61.0 Å². The molecule has 4 heterocycles. The summed E-state index contributed by atoms with van der Waals surface area (Å²) in [4.78, 5) is 12.2. The first-order valence-corrected chi connectivity index (χ1v) is 11.7. The van der Waals surface area contributed by atoms with Crippen molar-refractivity contribution in [3.05, 3.63) is 42.0 Å². The zero-order valence-corrected chi connectivity index (χ0v) is 18.8. The van der Waals surface area contributed by atoms with Crippen LogP contribution in [0.1, 0.15) is 58.1 Å². The quantitative estimate of drug-likeness (QED) is 0.573. The normalized spacial score (nSPS) is 44.0. The summed E-state index contributed by atoms with van der Waals surface area (Å²) < 4.78 is 19.0. The van der Waals surface area contributed by atoms with Crippen LogP contribution in [-0.2, 0) is 19.2 Å². The molecule has 5 aliphatic rings. The highest BCUT2D eigenvalue weighted by atomic mass is 17.3. The summed E-state index contributed by atoms with van der Waals surface area (Å²) in [7, 11) is 1.72. The zero-order chi connectivity index (χ0) is 21.4. The van der Waals surface area contributed by atoms with E-state index in [2.05, 4.69) is 50.2 Å². The van der Waals surface area contributed by atoms with Crippen LogP contribution in [0.3, 0.4) is 0 Å². The van der Waals surface area contributed by atoms with E-state index in [4.69, 9.17) is 24.0 Å². The molecule has 4 aliphatic heterocycles. The minimum atomic E-state index is -0.745. The fraction of sp³-hybridized carbons (Fsp3) is 0.615. The van der Waals surface area contributed by atoms with Gasteiger partial charge in [0.1, 0.15) is 5.75 Å². The van der Waals surface area contributed by atoms with Gasteiger partial charge >= 0.3 is 0 Å². The summed E-state index contributed by atoms with van der Waals surface area (Å²) in [5, 5.41) is 2.29. The lowest BCUT2D eigenvalue weighted by Gasteiger charge is -2.60. The molecule has 1 aliphatic carbocycles. The summed E-state index contributed by atoms with van der Waals surface area (Å²) in [6.07, 6.45) is 3.71. The van der Waals surface area contributed by atoms with E-state index in [9.17, 15) is 0 Å². The van der Waals surface area contributed by atoms with Gasteiger partial charge in [0, 0.05) is 17.7 Å². The van der Waals surface area contributed by atoms with Gasteiger partial charge in [-0.15, -0.1) is 0 Å². The van der Waals surface area contributed by atoms with Gasteiger partial charge < -0.3 is 14.2 Å². The Morgan fingerprint density at radius 2 is 1.74 bits per heavy atom. The van der Waals surface area contributed by atoms with E-state index in [0.717, 1.165) is 30.4 Å². The SMILES string of the molecule is COc1ccc([C@@H]2O[C@@H]3O[C@]4(C)CC[C@H]5[C@H](C)CC[C@@H]([C@H]2C)[C@@]35OO4)c2ccccc12. The first-order chi connectivity index (χ1) is 15.0. The van der Waals surface area contributed by atoms with Gasteiger partial charge in [-0.3, -0.25) is 0 Å². The van der Waals surface area contributed by atoms with Crippen molar-refractivity contribution in [1.29, 1.82) is 0 Å². The molecule has 31 heavy (non-hydrogen) atoms. The number of rotatable bonds is 2. The molecule has 0 N–H and O–H groups in total. The molecule has 166 valence electrons. The lowest BCUT2D eigenvalue weighted by molar-refractivity contribution is -0.571. The molecule has 2 aromatic carbocycles. The maximum absolute atomic E-state index is 6.86. The topological polar surface area (TPSA) is 46.2 Å². The van der Waals surface area contributed by atoms with Crippen molar-refractivity contribution in [3.8, 4) is 5.75 Å². The van der Waals surface area contributed by atoms with E-state index in [1.807, 2.05) is 6.92 Å². The summed E-state index contributed by atoms with van der Waals surface area (Å²) >= 11 is 0. The Morgan fingerprint density at radius 1 is 0.935 bits per heavy atom. The maximum Gasteiger partial charge on any atom is 0.201 e. The van der Waals surface area contributed by atoms with E-state index in [1.165, 1.54) is 17.4 Å². The van der Waals surface area contributed by atoms with Gasteiger partial charge in [0.05, 0.1) is 13.2 Å². The Kier molecular flexibility index (Phi) is 4.46. The molecule has 5 nitrogen and oxygen atoms in total. The second-order valence-corrected chi connectivity index (χ2v) is 10.2. The van der Waals surface area contributed by atoms with Crippen molar-refractivity contribution in [3.63, 3.8) is 0 Å². The average molecular weight is 425 g/mol. The van der Waals surface area contributed by atoms with Crippen LogP contribution in [0.2, 0.25) is 0 Å². The largest absolute Gasteiger partial charge is 0.496 e. The lowest BCUT2D eigenvalue weighted by Crippen LogP contribution is -2.69. The molecule has 0 amide bonds. The van der Waals surface area contributed by atoms with Gasteiger partial charge in [-0.2, -0.15) is 0 Å². The van der Waals surface area contributed by atoms with Crippen LogP contribution in [-0.4, -0.2) is 24.8 Å². The Labute approximate surface area is 183 Å². The number of benzene rings is 2. The standard InChI is InChI=1S/C26H32O5/c1-15-9-11-21-16(2)23(19-10-12-22(27-4)18-8-6-5-7-17(18)19)28-24-26(21)20(15)13-14-25(3,29-24)30-31-26/h5-8,10,12,15-16,20-21,23-24H,9,11,13-14H2,1-4H3/t15-,16-,20+,21+,23-,24-,25+,26-/m1/s1. The van der Waals surface area contributed by atoms with Crippen molar-refractivity contribution >= 4 is 10.8 Å². The summed E-state index contributed by atoms with van der Waals surface area (Å²) in [6.45, 7) is 6.65. The first-order valence-electron chi connectivity index (χ1n) is 11.7. The highest BCUT2D eigenvalue weighted by molar-refractivity contribution is 5.91. The third-order valence-corrected chi connectivity index (χ3v) is 8.60. The molecule has 1 saturated carbocycles. The molecule has 8 atom stereocenters. The molecule has 2 bridgehead atoms.